The van der Waals surface area contributed by atoms with Crippen molar-refractivity contribution in [1.82, 2.24) is 5.32 Å². The van der Waals surface area contributed by atoms with Crippen LogP contribution in [0.3, 0.4) is 0 Å². The molecular weight excluding hydrogens is 247 g/mol. The normalized spacial score (nSPS) is 23.1. The standard InChI is InChI=1S/C14H19FN2O2/c15-12-7-10(16)5-6-11(12)14(19)17-8-9-3-1-2-4-13(9)18/h5-7,9,13,18H,1-4,8,16H2,(H,17,19). The van der Waals surface area contributed by atoms with E-state index in [9.17, 15) is 14.3 Å². The first kappa shape index (κ1) is 13.8. The van der Waals surface area contributed by atoms with Gasteiger partial charge < -0.3 is 16.2 Å². The Morgan fingerprint density at radius 2 is 2.16 bits per heavy atom. The molecule has 0 spiro atoms. The molecule has 4 nitrogen and oxygen atoms in total. The Bertz CT molecular complexity index is 465. The first-order chi connectivity index (χ1) is 9.08. The van der Waals surface area contributed by atoms with Gasteiger partial charge >= 0.3 is 0 Å². The summed E-state index contributed by atoms with van der Waals surface area (Å²) in [5.41, 5.74) is 5.71. The van der Waals surface area contributed by atoms with E-state index in [-0.39, 0.29) is 23.3 Å². The largest absolute Gasteiger partial charge is 0.399 e. The summed E-state index contributed by atoms with van der Waals surface area (Å²) in [6, 6.07) is 4.00. The molecule has 104 valence electrons. The number of aliphatic hydroxyl groups excluding tert-OH is 1. The van der Waals surface area contributed by atoms with E-state index in [0.29, 0.717) is 6.54 Å². The lowest BCUT2D eigenvalue weighted by molar-refractivity contribution is 0.0662. The smallest absolute Gasteiger partial charge is 0.254 e. The molecule has 1 aromatic rings. The predicted octanol–water partition coefficient (Wildman–Crippen LogP) is 1.69. The highest BCUT2D eigenvalue weighted by Crippen LogP contribution is 2.23. The van der Waals surface area contributed by atoms with E-state index in [0.717, 1.165) is 31.7 Å². The van der Waals surface area contributed by atoms with Crippen LogP contribution in [0.1, 0.15) is 36.0 Å². The fourth-order valence-electron chi connectivity index (χ4n) is 2.46. The molecule has 1 amide bonds. The molecule has 1 aliphatic rings. The summed E-state index contributed by atoms with van der Waals surface area (Å²) in [6.45, 7) is 0.379. The molecule has 0 aliphatic heterocycles. The number of nitrogen functional groups attached to an aromatic ring is 1. The number of anilines is 1. The van der Waals surface area contributed by atoms with Crippen molar-refractivity contribution in [2.45, 2.75) is 31.8 Å². The molecule has 4 N–H and O–H groups in total. The van der Waals surface area contributed by atoms with E-state index in [1.54, 1.807) is 0 Å². The first-order valence-corrected chi connectivity index (χ1v) is 6.59. The molecule has 0 aromatic heterocycles. The third-order valence-corrected chi connectivity index (χ3v) is 3.63. The van der Waals surface area contributed by atoms with Crippen LogP contribution in [-0.2, 0) is 0 Å². The maximum Gasteiger partial charge on any atom is 0.254 e. The summed E-state index contributed by atoms with van der Waals surface area (Å²) in [5.74, 6) is -1.02. The monoisotopic (exact) mass is 266 g/mol. The van der Waals surface area contributed by atoms with Crippen LogP contribution >= 0.6 is 0 Å². The van der Waals surface area contributed by atoms with E-state index in [1.807, 2.05) is 0 Å². The van der Waals surface area contributed by atoms with Gasteiger partial charge in [-0.1, -0.05) is 12.8 Å². The van der Waals surface area contributed by atoms with Crippen LogP contribution in [0.5, 0.6) is 0 Å². The summed E-state index contributed by atoms with van der Waals surface area (Å²) in [6.07, 6.45) is 3.39. The molecule has 5 heteroatoms. The topological polar surface area (TPSA) is 75.4 Å². The second kappa shape index (κ2) is 6.02. The number of carbonyl (C=O) groups is 1. The molecule has 19 heavy (non-hydrogen) atoms. The Labute approximate surface area is 111 Å². The van der Waals surface area contributed by atoms with Crippen LogP contribution in [0, 0.1) is 11.7 Å². The first-order valence-electron chi connectivity index (χ1n) is 6.59. The number of hydrogen-bond donors (Lipinski definition) is 3. The molecule has 1 fully saturated rings. The fourth-order valence-corrected chi connectivity index (χ4v) is 2.46. The number of hydrogen-bond acceptors (Lipinski definition) is 3. The molecule has 2 rings (SSSR count). The Balaban J connectivity index is 1.93. The van der Waals surface area contributed by atoms with Gasteiger partial charge in [-0.3, -0.25) is 4.79 Å². The van der Waals surface area contributed by atoms with E-state index < -0.39 is 11.7 Å². The van der Waals surface area contributed by atoms with Crippen LogP contribution in [0.15, 0.2) is 18.2 Å². The van der Waals surface area contributed by atoms with Gasteiger partial charge in [-0.05, 0) is 31.0 Å². The van der Waals surface area contributed by atoms with Crippen molar-refractivity contribution in [2.24, 2.45) is 5.92 Å². The average Bonchev–Trinajstić information content (AvgIpc) is 2.37. The number of halogens is 1. The summed E-state index contributed by atoms with van der Waals surface area (Å²) < 4.78 is 13.6. The van der Waals surface area contributed by atoms with E-state index >= 15 is 0 Å². The molecule has 2 atom stereocenters. The number of amides is 1. The van der Waals surface area contributed by atoms with Gasteiger partial charge in [-0.15, -0.1) is 0 Å². The van der Waals surface area contributed by atoms with E-state index in [4.69, 9.17) is 5.73 Å². The van der Waals surface area contributed by atoms with Gasteiger partial charge in [0.05, 0.1) is 11.7 Å². The average molecular weight is 266 g/mol. The predicted molar refractivity (Wildman–Crippen MR) is 71.1 cm³/mol. The minimum Gasteiger partial charge on any atom is -0.399 e. The van der Waals surface area contributed by atoms with Crippen LogP contribution in [-0.4, -0.2) is 23.7 Å². The highest BCUT2D eigenvalue weighted by atomic mass is 19.1. The minimum absolute atomic E-state index is 0.0144. The van der Waals surface area contributed by atoms with Crippen molar-refractivity contribution in [2.75, 3.05) is 12.3 Å². The number of benzene rings is 1. The second-order valence-electron chi connectivity index (χ2n) is 5.06. The highest BCUT2D eigenvalue weighted by molar-refractivity contribution is 5.94. The van der Waals surface area contributed by atoms with Gasteiger partial charge in [-0.2, -0.15) is 0 Å². The highest BCUT2D eigenvalue weighted by Gasteiger charge is 2.23. The Morgan fingerprint density at radius 3 is 2.84 bits per heavy atom. The van der Waals surface area contributed by atoms with Crippen LogP contribution < -0.4 is 11.1 Å². The van der Waals surface area contributed by atoms with Crippen LogP contribution in [0.2, 0.25) is 0 Å². The molecule has 1 aliphatic carbocycles. The van der Waals surface area contributed by atoms with Crippen molar-refractivity contribution >= 4 is 11.6 Å². The summed E-state index contributed by atoms with van der Waals surface area (Å²) >= 11 is 0. The Hall–Kier alpha value is -1.62. The zero-order valence-corrected chi connectivity index (χ0v) is 10.7. The summed E-state index contributed by atoms with van der Waals surface area (Å²) in [4.78, 5) is 11.9. The molecule has 2 unspecified atom stereocenters. The second-order valence-corrected chi connectivity index (χ2v) is 5.06. The zero-order valence-electron chi connectivity index (χ0n) is 10.7. The van der Waals surface area contributed by atoms with Gasteiger partial charge in [-0.25, -0.2) is 4.39 Å². The van der Waals surface area contributed by atoms with Crippen LogP contribution in [0.4, 0.5) is 10.1 Å². The maximum absolute atomic E-state index is 13.6. The van der Waals surface area contributed by atoms with Crippen LogP contribution in [0.25, 0.3) is 0 Å². The van der Waals surface area contributed by atoms with Crippen molar-refractivity contribution in [3.8, 4) is 0 Å². The van der Waals surface area contributed by atoms with Crippen molar-refractivity contribution in [1.29, 1.82) is 0 Å². The van der Waals surface area contributed by atoms with Gasteiger partial charge in [0, 0.05) is 18.2 Å². The van der Waals surface area contributed by atoms with Gasteiger partial charge in [0.25, 0.3) is 5.91 Å². The molecular formula is C14H19FN2O2. The van der Waals surface area contributed by atoms with E-state index in [2.05, 4.69) is 5.32 Å². The summed E-state index contributed by atoms with van der Waals surface area (Å²) in [5, 5.41) is 12.5. The minimum atomic E-state index is -0.623. The third kappa shape index (κ3) is 3.44. The van der Waals surface area contributed by atoms with Gasteiger partial charge in [0.1, 0.15) is 5.82 Å². The van der Waals surface area contributed by atoms with Crippen molar-refractivity contribution in [3.63, 3.8) is 0 Å². The number of rotatable bonds is 3. The number of nitrogens with one attached hydrogen (secondary N) is 1. The molecule has 0 heterocycles. The van der Waals surface area contributed by atoms with Gasteiger partial charge in [0.15, 0.2) is 0 Å². The SMILES string of the molecule is Nc1ccc(C(=O)NCC2CCCCC2O)c(F)c1. The number of nitrogens with two attached hydrogens (primary N) is 1. The number of aliphatic hydroxyl groups is 1. The van der Waals surface area contributed by atoms with Gasteiger partial charge in [0.2, 0.25) is 0 Å². The third-order valence-electron chi connectivity index (χ3n) is 3.63. The molecule has 0 radical (unpaired) electrons. The molecule has 1 aromatic carbocycles. The lowest BCUT2D eigenvalue weighted by atomic mass is 9.86. The zero-order chi connectivity index (χ0) is 13.8. The number of carbonyl (C=O) groups excluding carboxylic acids is 1. The fraction of sp³-hybridized carbons (Fsp3) is 0.500. The Morgan fingerprint density at radius 1 is 1.42 bits per heavy atom. The molecule has 0 bridgehead atoms. The quantitative estimate of drug-likeness (QED) is 0.729. The lowest BCUT2D eigenvalue weighted by Crippen LogP contribution is -2.36. The molecule has 0 saturated heterocycles. The van der Waals surface area contributed by atoms with Crippen molar-refractivity contribution in [3.05, 3.63) is 29.6 Å². The Kier molecular flexibility index (Phi) is 4.37. The summed E-state index contributed by atoms with van der Waals surface area (Å²) in [7, 11) is 0. The van der Waals surface area contributed by atoms with E-state index in [1.165, 1.54) is 12.1 Å². The van der Waals surface area contributed by atoms with Crippen molar-refractivity contribution < 1.29 is 14.3 Å². The lowest BCUT2D eigenvalue weighted by Gasteiger charge is -2.27. The molecule has 1 saturated carbocycles. The maximum atomic E-state index is 13.6.